The van der Waals surface area contributed by atoms with Crippen LogP contribution in [0.4, 0.5) is 5.69 Å². The molecule has 0 radical (unpaired) electrons. The predicted octanol–water partition coefficient (Wildman–Crippen LogP) is 5.10. The Bertz CT molecular complexity index is 1130. The number of amides is 1. The Balaban J connectivity index is 1.61. The minimum atomic E-state index is -0.0507. The molecular formula is C26H25N3O2. The maximum Gasteiger partial charge on any atom is 0.258 e. The van der Waals surface area contributed by atoms with Crippen molar-refractivity contribution in [2.45, 2.75) is 20.0 Å². The first kappa shape index (κ1) is 20.4. The van der Waals surface area contributed by atoms with E-state index in [9.17, 15) is 4.79 Å². The summed E-state index contributed by atoms with van der Waals surface area (Å²) in [6.07, 6.45) is 3.72. The molecule has 5 heteroatoms. The van der Waals surface area contributed by atoms with Crippen LogP contribution >= 0.6 is 0 Å². The molecule has 1 aromatic heterocycles. The van der Waals surface area contributed by atoms with Gasteiger partial charge in [0.05, 0.1) is 13.7 Å². The summed E-state index contributed by atoms with van der Waals surface area (Å²) in [4.78, 5) is 19.7. The molecule has 4 rings (SSSR count). The van der Waals surface area contributed by atoms with E-state index in [0.717, 1.165) is 28.4 Å². The van der Waals surface area contributed by atoms with Crippen molar-refractivity contribution in [3.8, 4) is 5.75 Å². The van der Waals surface area contributed by atoms with Crippen molar-refractivity contribution in [2.24, 2.45) is 0 Å². The zero-order valence-corrected chi connectivity index (χ0v) is 17.7. The number of carbonyl (C=O) groups is 1. The number of nitrogens with zero attached hydrogens (tertiary/aromatic N) is 3. The Morgan fingerprint density at radius 1 is 0.968 bits per heavy atom. The minimum absolute atomic E-state index is 0.0507. The molecule has 0 aliphatic rings. The van der Waals surface area contributed by atoms with E-state index in [2.05, 4.69) is 9.55 Å². The molecule has 4 aromatic rings. The number of benzene rings is 3. The zero-order chi connectivity index (χ0) is 21.6. The first-order valence-electron chi connectivity index (χ1n) is 10.2. The van der Waals surface area contributed by atoms with E-state index in [1.165, 1.54) is 0 Å². The standard InChI is InChI=1S/C26H25N3O2/c1-20-8-12-22(13-9-20)26(30)29(23-6-4-3-5-7-23)19-25-27-16-17-28(25)18-21-10-14-24(31-2)15-11-21/h3-17H,18-19H2,1-2H3. The van der Waals surface area contributed by atoms with Crippen molar-refractivity contribution in [3.63, 3.8) is 0 Å². The summed E-state index contributed by atoms with van der Waals surface area (Å²) in [6.45, 7) is 3.06. The molecule has 0 aliphatic heterocycles. The maximum atomic E-state index is 13.4. The third-order valence-corrected chi connectivity index (χ3v) is 5.22. The van der Waals surface area contributed by atoms with Crippen LogP contribution in [0.15, 0.2) is 91.3 Å². The van der Waals surface area contributed by atoms with Crippen molar-refractivity contribution in [1.29, 1.82) is 0 Å². The van der Waals surface area contributed by atoms with Crippen LogP contribution in [0.2, 0.25) is 0 Å². The van der Waals surface area contributed by atoms with Crippen LogP contribution in [0.5, 0.6) is 5.75 Å². The Hall–Kier alpha value is -3.86. The summed E-state index contributed by atoms with van der Waals surface area (Å²) in [5, 5.41) is 0. The molecule has 0 fully saturated rings. The van der Waals surface area contributed by atoms with E-state index in [1.807, 2.05) is 92.0 Å². The predicted molar refractivity (Wildman–Crippen MR) is 122 cm³/mol. The highest BCUT2D eigenvalue weighted by Crippen LogP contribution is 2.21. The average Bonchev–Trinajstić information content (AvgIpc) is 3.25. The average molecular weight is 412 g/mol. The molecular weight excluding hydrogens is 386 g/mol. The van der Waals surface area contributed by atoms with Gasteiger partial charge in [-0.25, -0.2) is 4.98 Å². The second kappa shape index (κ2) is 9.30. The van der Waals surface area contributed by atoms with E-state index < -0.39 is 0 Å². The lowest BCUT2D eigenvalue weighted by Crippen LogP contribution is -2.31. The lowest BCUT2D eigenvalue weighted by molar-refractivity contribution is 0.0984. The highest BCUT2D eigenvalue weighted by Gasteiger charge is 2.20. The first-order chi connectivity index (χ1) is 15.1. The molecule has 0 bridgehead atoms. The van der Waals surface area contributed by atoms with Crippen molar-refractivity contribution in [2.75, 3.05) is 12.0 Å². The summed E-state index contributed by atoms with van der Waals surface area (Å²) in [6, 6.07) is 25.4. The molecule has 0 N–H and O–H groups in total. The van der Waals surface area contributed by atoms with Crippen LogP contribution < -0.4 is 9.64 Å². The third kappa shape index (κ3) is 4.83. The summed E-state index contributed by atoms with van der Waals surface area (Å²) < 4.78 is 7.31. The van der Waals surface area contributed by atoms with E-state index in [4.69, 9.17) is 4.74 Å². The fraction of sp³-hybridized carbons (Fsp3) is 0.154. The fourth-order valence-electron chi connectivity index (χ4n) is 3.44. The molecule has 0 saturated heterocycles. The fourth-order valence-corrected chi connectivity index (χ4v) is 3.44. The Morgan fingerprint density at radius 3 is 2.35 bits per heavy atom. The monoisotopic (exact) mass is 411 g/mol. The lowest BCUT2D eigenvalue weighted by atomic mass is 10.1. The molecule has 1 amide bonds. The lowest BCUT2D eigenvalue weighted by Gasteiger charge is -2.23. The Morgan fingerprint density at radius 2 is 1.68 bits per heavy atom. The molecule has 0 saturated carbocycles. The van der Waals surface area contributed by atoms with E-state index in [-0.39, 0.29) is 5.91 Å². The largest absolute Gasteiger partial charge is 0.497 e. The minimum Gasteiger partial charge on any atom is -0.497 e. The Labute approximate surface area is 182 Å². The van der Waals surface area contributed by atoms with Crippen LogP contribution in [0.3, 0.4) is 0 Å². The number of aromatic nitrogens is 2. The van der Waals surface area contributed by atoms with E-state index >= 15 is 0 Å². The molecule has 3 aromatic carbocycles. The highest BCUT2D eigenvalue weighted by molar-refractivity contribution is 6.05. The molecule has 31 heavy (non-hydrogen) atoms. The van der Waals surface area contributed by atoms with Gasteiger partial charge in [-0.05, 0) is 48.9 Å². The van der Waals surface area contributed by atoms with Gasteiger partial charge in [0.25, 0.3) is 5.91 Å². The molecule has 5 nitrogen and oxygen atoms in total. The van der Waals surface area contributed by atoms with Crippen molar-refractivity contribution in [1.82, 2.24) is 9.55 Å². The van der Waals surface area contributed by atoms with E-state index in [1.54, 1.807) is 18.2 Å². The SMILES string of the molecule is COc1ccc(Cn2ccnc2CN(C(=O)c2ccc(C)cc2)c2ccccc2)cc1. The van der Waals surface area contributed by atoms with Gasteiger partial charge in [0.15, 0.2) is 0 Å². The van der Waals surface area contributed by atoms with Crippen molar-refractivity contribution >= 4 is 11.6 Å². The van der Waals surface area contributed by atoms with Crippen LogP contribution in [-0.2, 0) is 13.1 Å². The number of carbonyl (C=O) groups excluding carboxylic acids is 1. The Kier molecular flexibility index (Phi) is 6.13. The van der Waals surface area contributed by atoms with Crippen LogP contribution in [-0.4, -0.2) is 22.6 Å². The first-order valence-corrected chi connectivity index (χ1v) is 10.2. The zero-order valence-electron chi connectivity index (χ0n) is 17.7. The molecule has 0 unspecified atom stereocenters. The van der Waals surface area contributed by atoms with Gasteiger partial charge in [0.1, 0.15) is 11.6 Å². The van der Waals surface area contributed by atoms with Gasteiger partial charge in [-0.15, -0.1) is 0 Å². The molecule has 0 atom stereocenters. The number of methoxy groups -OCH3 is 1. The molecule has 0 aliphatic carbocycles. The highest BCUT2D eigenvalue weighted by atomic mass is 16.5. The number of para-hydroxylation sites is 1. The normalized spacial score (nSPS) is 10.6. The molecule has 156 valence electrons. The third-order valence-electron chi connectivity index (χ3n) is 5.22. The van der Waals surface area contributed by atoms with Crippen LogP contribution in [0, 0.1) is 6.92 Å². The van der Waals surface area contributed by atoms with Gasteiger partial charge in [-0.2, -0.15) is 0 Å². The topological polar surface area (TPSA) is 47.4 Å². The van der Waals surface area contributed by atoms with Gasteiger partial charge < -0.3 is 14.2 Å². The van der Waals surface area contributed by atoms with Gasteiger partial charge in [-0.3, -0.25) is 4.79 Å². The number of hydrogen-bond acceptors (Lipinski definition) is 3. The maximum absolute atomic E-state index is 13.4. The second-order valence-corrected chi connectivity index (χ2v) is 7.41. The smallest absolute Gasteiger partial charge is 0.258 e. The van der Waals surface area contributed by atoms with Crippen molar-refractivity contribution in [3.05, 3.63) is 114 Å². The van der Waals surface area contributed by atoms with Crippen molar-refractivity contribution < 1.29 is 9.53 Å². The number of aryl methyl sites for hydroxylation is 1. The number of imidazole rings is 1. The number of ether oxygens (including phenoxy) is 1. The number of hydrogen-bond donors (Lipinski definition) is 0. The van der Waals surface area contributed by atoms with Gasteiger partial charge in [0.2, 0.25) is 0 Å². The summed E-state index contributed by atoms with van der Waals surface area (Å²) in [7, 11) is 1.66. The van der Waals surface area contributed by atoms with E-state index in [0.29, 0.717) is 18.7 Å². The van der Waals surface area contributed by atoms with Crippen LogP contribution in [0.1, 0.15) is 27.3 Å². The van der Waals surface area contributed by atoms with Gasteiger partial charge in [0, 0.05) is 30.2 Å². The summed E-state index contributed by atoms with van der Waals surface area (Å²) >= 11 is 0. The summed E-state index contributed by atoms with van der Waals surface area (Å²) in [5.74, 6) is 1.60. The summed E-state index contributed by atoms with van der Waals surface area (Å²) in [5.41, 5.74) is 3.75. The second-order valence-electron chi connectivity index (χ2n) is 7.41. The number of rotatable bonds is 7. The van der Waals surface area contributed by atoms with Gasteiger partial charge in [-0.1, -0.05) is 48.0 Å². The van der Waals surface area contributed by atoms with Gasteiger partial charge >= 0.3 is 0 Å². The molecule has 1 heterocycles. The van der Waals surface area contributed by atoms with Crippen LogP contribution in [0.25, 0.3) is 0 Å². The quantitative estimate of drug-likeness (QED) is 0.425. The molecule has 0 spiro atoms. The number of anilines is 1.